The third-order valence-corrected chi connectivity index (χ3v) is 4.17. The van der Waals surface area contributed by atoms with Gasteiger partial charge >= 0.3 is 0 Å². The molecule has 1 N–H and O–H groups in total. The van der Waals surface area contributed by atoms with E-state index >= 15 is 0 Å². The second-order valence-electron chi connectivity index (χ2n) is 5.83. The Balaban J connectivity index is 1.84. The molecule has 1 saturated heterocycles. The number of hydrogen-bond acceptors (Lipinski definition) is 2. The molecule has 1 heterocycles. The van der Waals surface area contributed by atoms with Gasteiger partial charge in [0.05, 0.1) is 0 Å². The van der Waals surface area contributed by atoms with Crippen molar-refractivity contribution in [1.82, 2.24) is 10.2 Å². The van der Waals surface area contributed by atoms with Gasteiger partial charge < -0.3 is 10.2 Å². The van der Waals surface area contributed by atoms with E-state index in [0.29, 0.717) is 6.04 Å². The van der Waals surface area contributed by atoms with E-state index in [0.717, 1.165) is 12.5 Å². The molecule has 1 aliphatic rings. The largest absolute Gasteiger partial charge is 0.309 e. The Labute approximate surface area is 118 Å². The monoisotopic (exact) mass is 260 g/mol. The maximum Gasteiger partial charge on any atom is 0.0208 e. The lowest BCUT2D eigenvalue weighted by molar-refractivity contribution is 0.138. The summed E-state index contributed by atoms with van der Waals surface area (Å²) >= 11 is 0. The average molecular weight is 260 g/mol. The molecule has 0 aromatic heterocycles. The van der Waals surface area contributed by atoms with Crippen LogP contribution in [0.2, 0.25) is 0 Å². The Morgan fingerprint density at radius 2 is 1.95 bits per heavy atom. The summed E-state index contributed by atoms with van der Waals surface area (Å²) in [5, 5.41) is 3.75. The van der Waals surface area contributed by atoms with Crippen LogP contribution >= 0.6 is 0 Å². The minimum absolute atomic E-state index is 0.658. The molecule has 2 atom stereocenters. The van der Waals surface area contributed by atoms with Crippen LogP contribution in [-0.2, 0) is 6.54 Å². The van der Waals surface area contributed by atoms with E-state index in [1.807, 2.05) is 0 Å². The highest BCUT2D eigenvalue weighted by molar-refractivity contribution is 5.14. The summed E-state index contributed by atoms with van der Waals surface area (Å²) < 4.78 is 0. The summed E-state index contributed by atoms with van der Waals surface area (Å²) in [6, 6.07) is 11.4. The Kier molecular flexibility index (Phi) is 5.87. The molecule has 1 fully saturated rings. The van der Waals surface area contributed by atoms with E-state index in [-0.39, 0.29) is 0 Å². The summed E-state index contributed by atoms with van der Waals surface area (Å²) in [6.07, 6.45) is 3.91. The van der Waals surface area contributed by atoms with Crippen molar-refractivity contribution in [2.24, 2.45) is 5.92 Å². The first-order chi connectivity index (χ1) is 9.31. The van der Waals surface area contributed by atoms with Crippen LogP contribution in [0.25, 0.3) is 0 Å². The van der Waals surface area contributed by atoms with E-state index in [1.165, 1.54) is 44.5 Å². The fourth-order valence-corrected chi connectivity index (χ4v) is 3.10. The summed E-state index contributed by atoms with van der Waals surface area (Å²) in [7, 11) is 0. The van der Waals surface area contributed by atoms with E-state index < -0.39 is 0 Å². The Morgan fingerprint density at radius 3 is 2.63 bits per heavy atom. The van der Waals surface area contributed by atoms with Crippen LogP contribution in [0.4, 0.5) is 0 Å². The van der Waals surface area contributed by atoms with Gasteiger partial charge in [0.25, 0.3) is 0 Å². The van der Waals surface area contributed by atoms with E-state index in [2.05, 4.69) is 54.4 Å². The van der Waals surface area contributed by atoms with Crippen molar-refractivity contribution in [1.29, 1.82) is 0 Å². The Morgan fingerprint density at radius 1 is 1.16 bits per heavy atom. The molecule has 106 valence electrons. The number of piperidine rings is 1. The van der Waals surface area contributed by atoms with Crippen molar-refractivity contribution < 1.29 is 0 Å². The minimum atomic E-state index is 0.658. The van der Waals surface area contributed by atoms with Crippen LogP contribution in [0, 0.1) is 5.92 Å². The Bertz CT molecular complexity index is 350. The number of rotatable bonds is 6. The zero-order chi connectivity index (χ0) is 13.5. The SMILES string of the molecule is CCCN1CC(CC)CC(NCc2ccccc2)C1. The molecule has 0 radical (unpaired) electrons. The van der Waals surface area contributed by atoms with E-state index in [4.69, 9.17) is 0 Å². The smallest absolute Gasteiger partial charge is 0.0208 e. The molecular weight excluding hydrogens is 232 g/mol. The summed E-state index contributed by atoms with van der Waals surface area (Å²) in [6.45, 7) is 9.38. The molecule has 0 aliphatic carbocycles. The molecule has 19 heavy (non-hydrogen) atoms. The maximum absolute atomic E-state index is 3.75. The molecule has 1 aliphatic heterocycles. The fraction of sp³-hybridized carbons (Fsp3) is 0.647. The highest BCUT2D eigenvalue weighted by Gasteiger charge is 2.25. The predicted molar refractivity (Wildman–Crippen MR) is 82.2 cm³/mol. The average Bonchev–Trinajstić information content (AvgIpc) is 2.46. The van der Waals surface area contributed by atoms with Crippen molar-refractivity contribution in [3.63, 3.8) is 0 Å². The lowest BCUT2D eigenvalue weighted by atomic mass is 9.92. The normalized spacial score (nSPS) is 24.5. The van der Waals surface area contributed by atoms with Crippen molar-refractivity contribution >= 4 is 0 Å². The number of hydrogen-bond donors (Lipinski definition) is 1. The van der Waals surface area contributed by atoms with Crippen LogP contribution in [0.15, 0.2) is 30.3 Å². The number of benzene rings is 1. The van der Waals surface area contributed by atoms with Crippen molar-refractivity contribution in [3.8, 4) is 0 Å². The van der Waals surface area contributed by atoms with Gasteiger partial charge in [-0.05, 0) is 30.9 Å². The second-order valence-corrected chi connectivity index (χ2v) is 5.83. The van der Waals surface area contributed by atoms with E-state index in [9.17, 15) is 0 Å². The van der Waals surface area contributed by atoms with Crippen molar-refractivity contribution in [3.05, 3.63) is 35.9 Å². The summed E-state index contributed by atoms with van der Waals surface area (Å²) in [4.78, 5) is 2.64. The fourth-order valence-electron chi connectivity index (χ4n) is 3.10. The van der Waals surface area contributed by atoms with Gasteiger partial charge in [-0.1, -0.05) is 50.6 Å². The third kappa shape index (κ3) is 4.63. The first-order valence-electron chi connectivity index (χ1n) is 7.81. The van der Waals surface area contributed by atoms with Gasteiger partial charge in [0, 0.05) is 25.7 Å². The quantitative estimate of drug-likeness (QED) is 0.844. The molecule has 2 rings (SSSR count). The maximum atomic E-state index is 3.75. The summed E-state index contributed by atoms with van der Waals surface area (Å²) in [5.74, 6) is 0.869. The van der Waals surface area contributed by atoms with Crippen LogP contribution < -0.4 is 5.32 Å². The molecular formula is C17H28N2. The zero-order valence-electron chi connectivity index (χ0n) is 12.4. The van der Waals surface area contributed by atoms with Gasteiger partial charge in [-0.2, -0.15) is 0 Å². The topological polar surface area (TPSA) is 15.3 Å². The summed E-state index contributed by atoms with van der Waals surface area (Å²) in [5.41, 5.74) is 1.39. The molecule has 2 nitrogen and oxygen atoms in total. The molecule has 2 heteroatoms. The molecule has 0 bridgehead atoms. The van der Waals surface area contributed by atoms with Gasteiger partial charge in [0.15, 0.2) is 0 Å². The Hall–Kier alpha value is -0.860. The van der Waals surface area contributed by atoms with Crippen LogP contribution in [0.5, 0.6) is 0 Å². The highest BCUT2D eigenvalue weighted by Crippen LogP contribution is 2.20. The number of nitrogens with one attached hydrogen (secondary N) is 1. The molecule has 1 aromatic rings. The zero-order valence-corrected chi connectivity index (χ0v) is 12.4. The molecule has 0 amide bonds. The van der Waals surface area contributed by atoms with E-state index in [1.54, 1.807) is 0 Å². The number of likely N-dealkylation sites (tertiary alicyclic amines) is 1. The lowest BCUT2D eigenvalue weighted by Crippen LogP contribution is -2.49. The predicted octanol–water partition coefficient (Wildman–Crippen LogP) is 3.29. The highest BCUT2D eigenvalue weighted by atomic mass is 15.2. The molecule has 2 unspecified atom stereocenters. The van der Waals surface area contributed by atoms with Gasteiger partial charge in [-0.25, -0.2) is 0 Å². The van der Waals surface area contributed by atoms with Crippen LogP contribution in [-0.4, -0.2) is 30.6 Å². The lowest BCUT2D eigenvalue weighted by Gasteiger charge is -2.38. The van der Waals surface area contributed by atoms with Gasteiger partial charge in [0.1, 0.15) is 0 Å². The molecule has 0 spiro atoms. The van der Waals surface area contributed by atoms with Crippen molar-refractivity contribution in [2.45, 2.75) is 45.7 Å². The standard InChI is InChI=1S/C17H28N2/c1-3-10-19-13-15(4-2)11-17(14-19)18-12-16-8-6-5-7-9-16/h5-9,15,17-18H,3-4,10-14H2,1-2H3. The molecule has 1 aromatic carbocycles. The second kappa shape index (κ2) is 7.66. The minimum Gasteiger partial charge on any atom is -0.309 e. The number of nitrogens with zero attached hydrogens (tertiary/aromatic N) is 1. The first-order valence-corrected chi connectivity index (χ1v) is 7.81. The van der Waals surface area contributed by atoms with Gasteiger partial charge in [0.2, 0.25) is 0 Å². The van der Waals surface area contributed by atoms with Crippen LogP contribution in [0.3, 0.4) is 0 Å². The van der Waals surface area contributed by atoms with Crippen LogP contribution in [0.1, 0.15) is 38.7 Å². The molecule has 0 saturated carbocycles. The first kappa shape index (κ1) is 14.5. The van der Waals surface area contributed by atoms with Gasteiger partial charge in [-0.15, -0.1) is 0 Å². The van der Waals surface area contributed by atoms with Gasteiger partial charge in [-0.3, -0.25) is 0 Å². The third-order valence-electron chi connectivity index (χ3n) is 4.17. The van der Waals surface area contributed by atoms with Crippen molar-refractivity contribution in [2.75, 3.05) is 19.6 Å².